The molecular weight excluding hydrogens is 226 g/mol. The van der Waals surface area contributed by atoms with Gasteiger partial charge in [-0.25, -0.2) is 4.79 Å². The molecule has 1 unspecified atom stereocenters. The number of hydrogen-bond donors (Lipinski definition) is 0. The van der Waals surface area contributed by atoms with E-state index in [1.807, 2.05) is 34.6 Å². The van der Waals surface area contributed by atoms with E-state index in [1.165, 1.54) is 4.90 Å². The summed E-state index contributed by atoms with van der Waals surface area (Å²) in [5.74, 6) is 0.635. The van der Waals surface area contributed by atoms with Crippen LogP contribution in [0, 0.1) is 0 Å². The van der Waals surface area contributed by atoms with E-state index >= 15 is 0 Å². The second kappa shape index (κ2) is 4.28. The highest BCUT2D eigenvalue weighted by atomic mass is 32.2. The summed E-state index contributed by atoms with van der Waals surface area (Å²) in [7, 11) is 0. The molecule has 0 saturated carbocycles. The van der Waals surface area contributed by atoms with Crippen LogP contribution in [0.25, 0.3) is 0 Å². The molecule has 1 heterocycles. The summed E-state index contributed by atoms with van der Waals surface area (Å²) in [5, 5.41) is 0. The minimum Gasteiger partial charge on any atom is -0.444 e. The van der Waals surface area contributed by atoms with Crippen LogP contribution in [0.1, 0.15) is 34.6 Å². The lowest BCUT2D eigenvalue weighted by molar-refractivity contribution is -0.112. The Hall–Kier alpha value is -0.710. The van der Waals surface area contributed by atoms with Gasteiger partial charge in [-0.05, 0) is 34.6 Å². The molecule has 1 aliphatic rings. The lowest BCUT2D eigenvalue weighted by Crippen LogP contribution is -2.49. The van der Waals surface area contributed by atoms with Crippen molar-refractivity contribution in [3.8, 4) is 0 Å². The molecule has 0 aliphatic carbocycles. The van der Waals surface area contributed by atoms with Gasteiger partial charge in [0.1, 0.15) is 17.9 Å². The van der Waals surface area contributed by atoms with Gasteiger partial charge in [0, 0.05) is 5.75 Å². The van der Waals surface area contributed by atoms with Crippen LogP contribution in [0.2, 0.25) is 0 Å². The zero-order valence-corrected chi connectivity index (χ0v) is 11.3. The Morgan fingerprint density at radius 1 is 1.50 bits per heavy atom. The first-order chi connectivity index (χ1) is 7.17. The average Bonchev–Trinajstić information content (AvgIpc) is 2.37. The zero-order chi connectivity index (χ0) is 12.6. The number of carbonyl (C=O) groups is 2. The van der Waals surface area contributed by atoms with Crippen LogP contribution in [0.5, 0.6) is 0 Å². The van der Waals surface area contributed by atoms with E-state index in [0.717, 1.165) is 6.29 Å². The second-order valence-corrected chi connectivity index (χ2v) is 6.93. The smallest absolute Gasteiger partial charge is 0.412 e. The highest BCUT2D eigenvalue weighted by Gasteiger charge is 2.45. The Balaban J connectivity index is 2.83. The fourth-order valence-corrected chi connectivity index (χ4v) is 2.75. The van der Waals surface area contributed by atoms with Gasteiger partial charge in [0.05, 0.1) is 4.87 Å². The maximum Gasteiger partial charge on any atom is 0.412 e. The van der Waals surface area contributed by atoms with E-state index < -0.39 is 11.7 Å². The van der Waals surface area contributed by atoms with Crippen molar-refractivity contribution in [2.24, 2.45) is 0 Å². The number of aldehydes is 1. The molecule has 16 heavy (non-hydrogen) atoms. The average molecular weight is 245 g/mol. The molecule has 0 N–H and O–H groups in total. The number of nitrogens with zero attached hydrogens (tertiary/aromatic N) is 1. The van der Waals surface area contributed by atoms with E-state index in [2.05, 4.69) is 0 Å². The van der Waals surface area contributed by atoms with Crippen LogP contribution in [0.4, 0.5) is 4.79 Å². The molecule has 0 aromatic rings. The fourth-order valence-electron chi connectivity index (χ4n) is 1.60. The molecule has 0 aromatic carbocycles. The summed E-state index contributed by atoms with van der Waals surface area (Å²) >= 11 is 1.59. The molecule has 1 fully saturated rings. The van der Waals surface area contributed by atoms with Gasteiger partial charge >= 0.3 is 6.09 Å². The summed E-state index contributed by atoms with van der Waals surface area (Å²) in [6, 6.07) is -0.380. The Morgan fingerprint density at radius 3 is 2.50 bits per heavy atom. The van der Waals surface area contributed by atoms with E-state index in [1.54, 1.807) is 11.8 Å². The molecule has 0 bridgehead atoms. The van der Waals surface area contributed by atoms with Crippen molar-refractivity contribution < 1.29 is 14.3 Å². The van der Waals surface area contributed by atoms with Crippen LogP contribution >= 0.6 is 11.8 Å². The van der Waals surface area contributed by atoms with Gasteiger partial charge < -0.3 is 9.53 Å². The molecule has 1 aliphatic heterocycles. The number of amides is 1. The first-order valence-electron chi connectivity index (χ1n) is 5.29. The van der Waals surface area contributed by atoms with Crippen molar-refractivity contribution in [1.29, 1.82) is 0 Å². The molecule has 1 rings (SSSR count). The van der Waals surface area contributed by atoms with Gasteiger partial charge in [-0.1, -0.05) is 0 Å². The largest absolute Gasteiger partial charge is 0.444 e. The number of rotatable bonds is 1. The number of hydrogen-bond acceptors (Lipinski definition) is 4. The van der Waals surface area contributed by atoms with Crippen molar-refractivity contribution in [3.63, 3.8) is 0 Å². The third-order valence-electron chi connectivity index (χ3n) is 2.27. The SMILES string of the molecule is CC(C)(C)OC(=O)N1C(C=O)CSC1(C)C. The van der Waals surface area contributed by atoms with Gasteiger partial charge in [-0.15, -0.1) is 11.8 Å². The summed E-state index contributed by atoms with van der Waals surface area (Å²) in [5.41, 5.74) is -0.534. The molecule has 1 amide bonds. The van der Waals surface area contributed by atoms with Gasteiger partial charge in [0.2, 0.25) is 0 Å². The van der Waals surface area contributed by atoms with Crippen LogP contribution in [-0.4, -0.2) is 39.5 Å². The van der Waals surface area contributed by atoms with Crippen LogP contribution in [-0.2, 0) is 9.53 Å². The minimum absolute atomic E-state index is 0.380. The van der Waals surface area contributed by atoms with Gasteiger partial charge in [-0.2, -0.15) is 0 Å². The van der Waals surface area contributed by atoms with Gasteiger partial charge in [0.25, 0.3) is 0 Å². The van der Waals surface area contributed by atoms with Gasteiger partial charge in [-0.3, -0.25) is 4.90 Å². The summed E-state index contributed by atoms with van der Waals surface area (Å²) in [6.07, 6.45) is 0.394. The molecule has 1 saturated heterocycles. The Morgan fingerprint density at radius 2 is 2.06 bits per heavy atom. The fraction of sp³-hybridized carbons (Fsp3) is 0.818. The van der Waals surface area contributed by atoms with Crippen molar-refractivity contribution in [3.05, 3.63) is 0 Å². The molecule has 0 spiro atoms. The predicted octanol–water partition coefficient (Wildman–Crippen LogP) is 2.27. The number of carbonyl (C=O) groups excluding carboxylic acids is 2. The highest BCUT2D eigenvalue weighted by molar-refractivity contribution is 8.00. The second-order valence-electron chi connectivity index (χ2n) is 5.31. The van der Waals surface area contributed by atoms with Crippen molar-refractivity contribution in [1.82, 2.24) is 4.90 Å². The summed E-state index contributed by atoms with van der Waals surface area (Å²) in [4.78, 5) is 24.0. The van der Waals surface area contributed by atoms with E-state index in [4.69, 9.17) is 4.74 Å². The first-order valence-corrected chi connectivity index (χ1v) is 6.27. The van der Waals surface area contributed by atoms with E-state index in [0.29, 0.717) is 5.75 Å². The molecule has 1 atom stereocenters. The highest BCUT2D eigenvalue weighted by Crippen LogP contribution is 2.38. The van der Waals surface area contributed by atoms with E-state index in [9.17, 15) is 9.59 Å². The lowest BCUT2D eigenvalue weighted by Gasteiger charge is -2.34. The third-order valence-corrected chi connectivity index (χ3v) is 3.68. The number of thioether (sulfide) groups is 1. The summed E-state index contributed by atoms with van der Waals surface area (Å²) in [6.45, 7) is 9.29. The standard InChI is InChI=1S/C11H19NO3S/c1-10(2,3)15-9(14)12-8(6-13)7-16-11(12,4)5/h6,8H,7H2,1-5H3. The topological polar surface area (TPSA) is 46.6 Å². The third kappa shape index (κ3) is 2.90. The van der Waals surface area contributed by atoms with Crippen LogP contribution in [0.3, 0.4) is 0 Å². The molecule has 5 heteroatoms. The minimum atomic E-state index is -0.534. The number of ether oxygens (including phenoxy) is 1. The van der Waals surface area contributed by atoms with Crippen molar-refractivity contribution >= 4 is 24.1 Å². The molecule has 0 aromatic heterocycles. The van der Waals surface area contributed by atoms with Crippen LogP contribution < -0.4 is 0 Å². The summed E-state index contributed by atoms with van der Waals surface area (Å²) < 4.78 is 5.30. The maximum absolute atomic E-state index is 12.0. The van der Waals surface area contributed by atoms with Crippen molar-refractivity contribution in [2.45, 2.75) is 51.1 Å². The Bertz CT molecular complexity index is 296. The maximum atomic E-state index is 12.0. The van der Waals surface area contributed by atoms with Crippen molar-refractivity contribution in [2.75, 3.05) is 5.75 Å². The zero-order valence-electron chi connectivity index (χ0n) is 10.4. The van der Waals surface area contributed by atoms with Crippen LogP contribution in [0.15, 0.2) is 0 Å². The molecular formula is C11H19NO3S. The van der Waals surface area contributed by atoms with E-state index in [-0.39, 0.29) is 10.9 Å². The molecule has 4 nitrogen and oxygen atoms in total. The first kappa shape index (κ1) is 13.4. The molecule has 92 valence electrons. The normalized spacial score (nSPS) is 24.3. The predicted molar refractivity (Wildman–Crippen MR) is 64.5 cm³/mol. The Kier molecular flexibility index (Phi) is 3.57. The van der Waals surface area contributed by atoms with Gasteiger partial charge in [0.15, 0.2) is 0 Å². The monoisotopic (exact) mass is 245 g/mol. The lowest BCUT2D eigenvalue weighted by atomic mass is 10.2. The Labute approximate surface area is 101 Å². The quantitative estimate of drug-likeness (QED) is 0.665. The molecule has 0 radical (unpaired) electrons.